The van der Waals surface area contributed by atoms with Gasteiger partial charge in [-0.2, -0.15) is 0 Å². The predicted molar refractivity (Wildman–Crippen MR) is 104 cm³/mol. The second-order valence-corrected chi connectivity index (χ2v) is 8.10. The van der Waals surface area contributed by atoms with Gasteiger partial charge in [-0.3, -0.25) is 4.79 Å². The highest BCUT2D eigenvalue weighted by molar-refractivity contribution is 7.14. The van der Waals surface area contributed by atoms with Crippen molar-refractivity contribution in [2.75, 3.05) is 27.2 Å². The Kier molecular flexibility index (Phi) is 4.48. The standard InChI is InChI=1S/C21H24N2OS/c1-22-21(24)19-13-17-18(25-19)8-7-14-5-3-4-6-16(14)20(17)15-9-11-23(2)12-10-15/h3-6,13H,7-12H2,1-2H3,(H,22,24). The Morgan fingerprint density at radius 2 is 1.84 bits per heavy atom. The second kappa shape index (κ2) is 6.77. The molecule has 25 heavy (non-hydrogen) atoms. The van der Waals surface area contributed by atoms with E-state index >= 15 is 0 Å². The summed E-state index contributed by atoms with van der Waals surface area (Å²) in [5.74, 6) is 0.0269. The van der Waals surface area contributed by atoms with Crippen molar-refractivity contribution in [2.45, 2.75) is 25.7 Å². The molecule has 0 radical (unpaired) electrons. The third-order valence-corrected chi connectivity index (χ3v) is 6.58. The van der Waals surface area contributed by atoms with E-state index in [1.54, 1.807) is 24.0 Å². The molecule has 4 rings (SSSR count). The summed E-state index contributed by atoms with van der Waals surface area (Å²) in [7, 11) is 3.90. The number of likely N-dealkylation sites (tertiary alicyclic amines) is 1. The third kappa shape index (κ3) is 3.05. The summed E-state index contributed by atoms with van der Waals surface area (Å²) in [6.45, 7) is 2.23. The Morgan fingerprint density at radius 1 is 1.08 bits per heavy atom. The fourth-order valence-corrected chi connectivity index (χ4v) is 5.07. The third-order valence-electron chi connectivity index (χ3n) is 5.38. The fraction of sp³-hybridized carbons (Fsp3) is 0.381. The van der Waals surface area contributed by atoms with E-state index in [1.807, 2.05) is 0 Å². The summed E-state index contributed by atoms with van der Waals surface area (Å²) in [4.78, 5) is 16.8. The van der Waals surface area contributed by atoms with E-state index in [9.17, 15) is 4.79 Å². The molecule has 0 atom stereocenters. The summed E-state index contributed by atoms with van der Waals surface area (Å²) in [5.41, 5.74) is 7.07. The zero-order valence-corrected chi connectivity index (χ0v) is 15.7. The number of carbonyl (C=O) groups excluding carboxylic acids is 1. The zero-order valence-electron chi connectivity index (χ0n) is 14.9. The monoisotopic (exact) mass is 352 g/mol. The predicted octanol–water partition coefficient (Wildman–Crippen LogP) is 3.73. The Bertz CT molecular complexity index is 839. The largest absolute Gasteiger partial charge is 0.354 e. The van der Waals surface area contributed by atoms with Gasteiger partial charge in [0.1, 0.15) is 0 Å². The lowest BCUT2D eigenvalue weighted by Gasteiger charge is -2.27. The van der Waals surface area contributed by atoms with Crippen LogP contribution in [0, 0.1) is 0 Å². The number of nitrogens with one attached hydrogen (secondary N) is 1. The smallest absolute Gasteiger partial charge is 0.261 e. The highest BCUT2D eigenvalue weighted by Gasteiger charge is 2.26. The van der Waals surface area contributed by atoms with Crippen molar-refractivity contribution in [2.24, 2.45) is 0 Å². The molecule has 1 aliphatic heterocycles. The number of thiophene rings is 1. The van der Waals surface area contributed by atoms with Crippen LogP contribution in [0.1, 0.15) is 44.1 Å². The molecule has 2 aromatic rings. The number of hydrogen-bond acceptors (Lipinski definition) is 3. The minimum absolute atomic E-state index is 0.0269. The molecular formula is C21H24N2OS. The Balaban J connectivity index is 1.90. The van der Waals surface area contributed by atoms with E-state index in [2.05, 4.69) is 47.6 Å². The van der Waals surface area contributed by atoms with Gasteiger partial charge in [0, 0.05) is 25.0 Å². The lowest BCUT2D eigenvalue weighted by molar-refractivity contribution is 0.0967. The lowest BCUT2D eigenvalue weighted by atomic mass is 9.87. The van der Waals surface area contributed by atoms with E-state index in [4.69, 9.17) is 0 Å². The first-order valence-electron chi connectivity index (χ1n) is 9.01. The van der Waals surface area contributed by atoms with Crippen molar-refractivity contribution in [3.63, 3.8) is 0 Å². The molecule has 0 bridgehead atoms. The number of hydrogen-bond donors (Lipinski definition) is 1. The normalized spacial score (nSPS) is 17.7. The molecule has 1 amide bonds. The Hall–Kier alpha value is -1.91. The van der Waals surface area contributed by atoms with E-state index in [-0.39, 0.29) is 5.91 Å². The van der Waals surface area contributed by atoms with Gasteiger partial charge < -0.3 is 10.2 Å². The van der Waals surface area contributed by atoms with Crippen LogP contribution in [0.4, 0.5) is 0 Å². The molecule has 4 heteroatoms. The van der Waals surface area contributed by atoms with Crippen LogP contribution in [-0.2, 0) is 12.8 Å². The van der Waals surface area contributed by atoms with Crippen LogP contribution in [0.5, 0.6) is 0 Å². The molecule has 1 aromatic heterocycles. The summed E-state index contributed by atoms with van der Waals surface area (Å²) >= 11 is 1.66. The molecule has 130 valence electrons. The summed E-state index contributed by atoms with van der Waals surface area (Å²) < 4.78 is 0. The molecule has 1 N–H and O–H groups in total. The van der Waals surface area contributed by atoms with E-state index < -0.39 is 0 Å². The number of aryl methyl sites for hydroxylation is 2. The molecule has 0 spiro atoms. The van der Waals surface area contributed by atoms with E-state index in [1.165, 1.54) is 27.1 Å². The zero-order chi connectivity index (χ0) is 17.4. The van der Waals surface area contributed by atoms with Crippen LogP contribution in [-0.4, -0.2) is 38.0 Å². The number of carbonyl (C=O) groups is 1. The molecular weight excluding hydrogens is 328 g/mol. The molecule has 1 aromatic carbocycles. The number of fused-ring (bicyclic) bond motifs is 2. The maximum absolute atomic E-state index is 12.2. The van der Waals surface area contributed by atoms with Crippen LogP contribution < -0.4 is 5.32 Å². The van der Waals surface area contributed by atoms with Crippen molar-refractivity contribution >= 4 is 22.8 Å². The van der Waals surface area contributed by atoms with Gasteiger partial charge in [0.05, 0.1) is 4.88 Å². The minimum atomic E-state index is 0.0269. The molecule has 3 nitrogen and oxygen atoms in total. The van der Waals surface area contributed by atoms with Gasteiger partial charge in [-0.05, 0) is 61.1 Å². The number of benzene rings is 1. The SMILES string of the molecule is CNC(=O)c1cc2c(s1)CCc1ccccc1C2=C1CCN(C)CC1. The van der Waals surface area contributed by atoms with Gasteiger partial charge in [-0.25, -0.2) is 0 Å². The number of nitrogens with zero attached hydrogens (tertiary/aromatic N) is 1. The first-order chi connectivity index (χ1) is 12.2. The molecule has 2 heterocycles. The van der Waals surface area contributed by atoms with Gasteiger partial charge in [0.25, 0.3) is 5.91 Å². The van der Waals surface area contributed by atoms with Gasteiger partial charge >= 0.3 is 0 Å². The van der Waals surface area contributed by atoms with Crippen molar-refractivity contribution in [1.82, 2.24) is 10.2 Å². The molecule has 0 saturated carbocycles. The van der Waals surface area contributed by atoms with Crippen molar-refractivity contribution in [3.05, 3.63) is 62.3 Å². The lowest BCUT2D eigenvalue weighted by Crippen LogP contribution is -2.27. The van der Waals surface area contributed by atoms with Crippen molar-refractivity contribution in [1.29, 1.82) is 0 Å². The fourth-order valence-electron chi connectivity index (χ4n) is 3.96. The van der Waals surface area contributed by atoms with Gasteiger partial charge in [-0.15, -0.1) is 11.3 Å². The molecule has 1 aliphatic carbocycles. The van der Waals surface area contributed by atoms with Crippen LogP contribution in [0.15, 0.2) is 35.9 Å². The highest BCUT2D eigenvalue weighted by Crippen LogP contribution is 2.41. The molecule has 1 fully saturated rings. The number of piperidine rings is 1. The van der Waals surface area contributed by atoms with E-state index in [0.717, 1.165) is 43.6 Å². The van der Waals surface area contributed by atoms with Crippen molar-refractivity contribution in [3.8, 4) is 0 Å². The van der Waals surface area contributed by atoms with Gasteiger partial charge in [0.15, 0.2) is 0 Å². The second-order valence-electron chi connectivity index (χ2n) is 6.97. The average molecular weight is 353 g/mol. The summed E-state index contributed by atoms with van der Waals surface area (Å²) in [6, 6.07) is 10.9. The topological polar surface area (TPSA) is 32.3 Å². The number of rotatable bonds is 1. The van der Waals surface area contributed by atoms with Gasteiger partial charge in [0.2, 0.25) is 0 Å². The molecule has 2 aliphatic rings. The van der Waals surface area contributed by atoms with Gasteiger partial charge in [-0.1, -0.05) is 29.8 Å². The maximum Gasteiger partial charge on any atom is 0.261 e. The first-order valence-corrected chi connectivity index (χ1v) is 9.83. The Morgan fingerprint density at radius 3 is 2.60 bits per heavy atom. The van der Waals surface area contributed by atoms with Crippen LogP contribution in [0.3, 0.4) is 0 Å². The average Bonchev–Trinajstić information content (AvgIpc) is 2.99. The molecule has 0 unspecified atom stereocenters. The van der Waals surface area contributed by atoms with Crippen LogP contribution in [0.2, 0.25) is 0 Å². The minimum Gasteiger partial charge on any atom is -0.354 e. The summed E-state index contributed by atoms with van der Waals surface area (Å²) in [6.07, 6.45) is 4.30. The number of amides is 1. The highest BCUT2D eigenvalue weighted by atomic mass is 32.1. The molecule has 1 saturated heterocycles. The maximum atomic E-state index is 12.2. The van der Waals surface area contributed by atoms with Crippen LogP contribution in [0.25, 0.3) is 5.57 Å². The van der Waals surface area contributed by atoms with Crippen molar-refractivity contribution < 1.29 is 4.79 Å². The van der Waals surface area contributed by atoms with E-state index in [0.29, 0.717) is 0 Å². The quantitative estimate of drug-likeness (QED) is 0.848. The summed E-state index contributed by atoms with van der Waals surface area (Å²) in [5, 5.41) is 2.77. The van der Waals surface area contributed by atoms with Crippen LogP contribution >= 0.6 is 11.3 Å². The first kappa shape index (κ1) is 16.6. The Labute approximate surface area is 153 Å².